The Bertz CT molecular complexity index is 577. The van der Waals surface area contributed by atoms with E-state index in [1.54, 1.807) is 29.1 Å². The molecule has 1 heterocycles. The van der Waals surface area contributed by atoms with Crippen LogP contribution in [0.1, 0.15) is 22.3 Å². The normalized spacial score (nSPS) is 10.6. The van der Waals surface area contributed by atoms with Crippen molar-refractivity contribution < 1.29 is 4.79 Å². The summed E-state index contributed by atoms with van der Waals surface area (Å²) in [5.41, 5.74) is 7.99. The highest BCUT2D eigenvalue weighted by Gasteiger charge is 2.11. The Morgan fingerprint density at radius 2 is 2.28 bits per heavy atom. The number of ketones is 1. The summed E-state index contributed by atoms with van der Waals surface area (Å²) in [6.07, 6.45) is 4.84. The van der Waals surface area contributed by atoms with Gasteiger partial charge in [0.05, 0.1) is 6.20 Å². The molecule has 2 N–H and O–H groups in total. The van der Waals surface area contributed by atoms with E-state index in [2.05, 4.69) is 21.0 Å². The largest absolute Gasteiger partial charge is 0.399 e. The number of halogens is 1. The van der Waals surface area contributed by atoms with Crippen molar-refractivity contribution in [3.8, 4) is 0 Å². The van der Waals surface area contributed by atoms with Crippen LogP contribution in [0, 0.1) is 0 Å². The lowest BCUT2D eigenvalue weighted by Gasteiger charge is -2.04. The molecule has 0 unspecified atom stereocenters. The molecular formula is C13H14BrN3O. The summed E-state index contributed by atoms with van der Waals surface area (Å²) in [6, 6.07) is 5.27. The Balaban J connectivity index is 2.05. The number of hydrogen-bond donors (Lipinski definition) is 1. The molecule has 0 aliphatic heterocycles. The first-order valence-corrected chi connectivity index (χ1v) is 6.41. The van der Waals surface area contributed by atoms with Gasteiger partial charge in [0.1, 0.15) is 0 Å². The third-order valence-corrected chi connectivity index (χ3v) is 3.38. The first-order valence-electron chi connectivity index (χ1n) is 5.62. The van der Waals surface area contributed by atoms with Crippen LogP contribution in [0.25, 0.3) is 0 Å². The van der Waals surface area contributed by atoms with Gasteiger partial charge in [-0.15, -0.1) is 0 Å². The number of Topliss-reactive ketones (excluding diaryl/α,β-unsaturated/α-hetero) is 1. The molecule has 0 saturated heterocycles. The number of nitrogens with zero attached hydrogens (tertiary/aromatic N) is 2. The molecule has 2 aromatic rings. The van der Waals surface area contributed by atoms with Gasteiger partial charge in [-0.1, -0.05) is 15.9 Å². The first-order chi connectivity index (χ1) is 8.56. The molecule has 4 nitrogen and oxygen atoms in total. The van der Waals surface area contributed by atoms with Crippen LogP contribution >= 0.6 is 15.9 Å². The third-order valence-electron chi connectivity index (χ3n) is 2.69. The van der Waals surface area contributed by atoms with Gasteiger partial charge in [-0.25, -0.2) is 0 Å². The first kappa shape index (κ1) is 12.8. The van der Waals surface area contributed by atoms with Gasteiger partial charge in [0.2, 0.25) is 0 Å². The van der Waals surface area contributed by atoms with Crippen molar-refractivity contribution in [3.63, 3.8) is 0 Å². The van der Waals surface area contributed by atoms with E-state index in [1.165, 1.54) is 0 Å². The Labute approximate surface area is 114 Å². The lowest BCUT2D eigenvalue weighted by molar-refractivity contribution is 0.0982. The summed E-state index contributed by atoms with van der Waals surface area (Å²) in [5, 5.41) is 4.08. The molecule has 1 aromatic carbocycles. The minimum absolute atomic E-state index is 0.0815. The molecule has 1 aromatic heterocycles. The van der Waals surface area contributed by atoms with Gasteiger partial charge >= 0.3 is 0 Å². The van der Waals surface area contributed by atoms with E-state index in [0.29, 0.717) is 24.1 Å². The van der Waals surface area contributed by atoms with Crippen LogP contribution in [-0.2, 0) is 13.5 Å². The lowest BCUT2D eigenvalue weighted by Crippen LogP contribution is -2.03. The molecule has 0 bridgehead atoms. The molecule has 0 aliphatic carbocycles. The van der Waals surface area contributed by atoms with Crippen molar-refractivity contribution in [3.05, 3.63) is 46.2 Å². The van der Waals surface area contributed by atoms with Crippen molar-refractivity contribution in [2.24, 2.45) is 7.05 Å². The number of aryl methyl sites for hydroxylation is 2. The second kappa shape index (κ2) is 5.35. The number of rotatable bonds is 4. The highest BCUT2D eigenvalue weighted by Crippen LogP contribution is 2.21. The fourth-order valence-electron chi connectivity index (χ4n) is 1.75. The minimum atomic E-state index is 0.0815. The fraction of sp³-hybridized carbons (Fsp3) is 0.231. The van der Waals surface area contributed by atoms with Crippen molar-refractivity contribution in [2.75, 3.05) is 5.73 Å². The topological polar surface area (TPSA) is 60.9 Å². The maximum atomic E-state index is 12.1. The van der Waals surface area contributed by atoms with Gasteiger partial charge in [0, 0.05) is 35.4 Å². The van der Waals surface area contributed by atoms with Crippen LogP contribution < -0.4 is 5.73 Å². The number of carbonyl (C=O) groups excluding carboxylic acids is 1. The van der Waals surface area contributed by atoms with Gasteiger partial charge in [-0.05, 0) is 30.2 Å². The predicted octanol–water partition coefficient (Wildman–Crippen LogP) is 2.58. The highest BCUT2D eigenvalue weighted by molar-refractivity contribution is 9.10. The molecule has 0 fully saturated rings. The monoisotopic (exact) mass is 307 g/mol. The Morgan fingerprint density at radius 3 is 2.94 bits per heavy atom. The molecule has 0 radical (unpaired) electrons. The van der Waals surface area contributed by atoms with Crippen molar-refractivity contribution in [1.82, 2.24) is 9.78 Å². The van der Waals surface area contributed by atoms with E-state index in [9.17, 15) is 4.79 Å². The van der Waals surface area contributed by atoms with Crippen LogP contribution in [-0.4, -0.2) is 15.6 Å². The van der Waals surface area contributed by atoms with Gasteiger partial charge in [0.15, 0.2) is 5.78 Å². The van der Waals surface area contributed by atoms with E-state index >= 15 is 0 Å². The summed E-state index contributed by atoms with van der Waals surface area (Å²) < 4.78 is 2.52. The molecular weight excluding hydrogens is 294 g/mol. The molecule has 18 heavy (non-hydrogen) atoms. The van der Waals surface area contributed by atoms with E-state index in [1.807, 2.05) is 13.2 Å². The maximum absolute atomic E-state index is 12.1. The van der Waals surface area contributed by atoms with E-state index in [4.69, 9.17) is 5.73 Å². The minimum Gasteiger partial charge on any atom is -0.399 e. The second-order valence-electron chi connectivity index (χ2n) is 4.18. The molecule has 0 spiro atoms. The Kier molecular flexibility index (Phi) is 3.81. The summed E-state index contributed by atoms with van der Waals surface area (Å²) in [4.78, 5) is 12.1. The standard InChI is InChI=1S/C13H14BrN3O/c1-17-8-9(7-16-17)2-5-13(18)11-6-10(15)3-4-12(11)14/h3-4,6-8H,2,5,15H2,1H3. The Hall–Kier alpha value is -1.62. The van der Waals surface area contributed by atoms with Crippen LogP contribution in [0.15, 0.2) is 35.1 Å². The van der Waals surface area contributed by atoms with Crippen LogP contribution in [0.4, 0.5) is 5.69 Å². The molecule has 0 saturated carbocycles. The molecule has 0 aliphatic rings. The number of nitrogen functional groups attached to an aromatic ring is 1. The molecule has 94 valence electrons. The predicted molar refractivity (Wildman–Crippen MR) is 74.4 cm³/mol. The van der Waals surface area contributed by atoms with Gasteiger partial charge in [0.25, 0.3) is 0 Å². The van der Waals surface area contributed by atoms with Crippen LogP contribution in [0.2, 0.25) is 0 Å². The number of benzene rings is 1. The lowest BCUT2D eigenvalue weighted by atomic mass is 10.0. The van der Waals surface area contributed by atoms with Crippen molar-refractivity contribution in [2.45, 2.75) is 12.8 Å². The van der Waals surface area contributed by atoms with Gasteiger partial charge < -0.3 is 5.73 Å². The van der Waals surface area contributed by atoms with Crippen LogP contribution in [0.5, 0.6) is 0 Å². The zero-order valence-corrected chi connectivity index (χ0v) is 11.6. The number of aromatic nitrogens is 2. The zero-order chi connectivity index (χ0) is 13.1. The average molecular weight is 308 g/mol. The van der Waals surface area contributed by atoms with Gasteiger partial charge in [-0.3, -0.25) is 9.48 Å². The molecule has 0 amide bonds. The molecule has 2 rings (SSSR count). The van der Waals surface area contributed by atoms with E-state index in [-0.39, 0.29) is 5.78 Å². The third kappa shape index (κ3) is 2.98. The summed E-state index contributed by atoms with van der Waals surface area (Å²) >= 11 is 3.37. The summed E-state index contributed by atoms with van der Waals surface area (Å²) in [6.45, 7) is 0. The van der Waals surface area contributed by atoms with E-state index in [0.717, 1.165) is 10.0 Å². The summed E-state index contributed by atoms with van der Waals surface area (Å²) in [7, 11) is 1.86. The quantitative estimate of drug-likeness (QED) is 0.697. The molecule has 0 atom stereocenters. The van der Waals surface area contributed by atoms with Crippen molar-refractivity contribution in [1.29, 1.82) is 0 Å². The zero-order valence-electron chi connectivity index (χ0n) is 10.1. The highest BCUT2D eigenvalue weighted by atomic mass is 79.9. The number of carbonyl (C=O) groups is 1. The smallest absolute Gasteiger partial charge is 0.164 e. The average Bonchev–Trinajstić information content (AvgIpc) is 2.75. The van der Waals surface area contributed by atoms with Crippen LogP contribution in [0.3, 0.4) is 0 Å². The maximum Gasteiger partial charge on any atom is 0.164 e. The number of anilines is 1. The Morgan fingerprint density at radius 1 is 1.50 bits per heavy atom. The second-order valence-corrected chi connectivity index (χ2v) is 5.04. The summed E-state index contributed by atoms with van der Waals surface area (Å²) in [5.74, 6) is 0.0815. The van der Waals surface area contributed by atoms with Gasteiger partial charge in [-0.2, -0.15) is 5.10 Å². The SMILES string of the molecule is Cn1cc(CCC(=O)c2cc(N)ccc2Br)cn1. The number of hydrogen-bond acceptors (Lipinski definition) is 3. The van der Waals surface area contributed by atoms with E-state index < -0.39 is 0 Å². The molecule has 5 heteroatoms. The van der Waals surface area contributed by atoms with Crippen molar-refractivity contribution >= 4 is 27.4 Å². The number of nitrogens with two attached hydrogens (primary N) is 1. The fourth-order valence-corrected chi connectivity index (χ4v) is 2.22.